The minimum atomic E-state index is -0.910. The number of nitro groups is 1. The minimum absolute atomic E-state index is 0.0884. The van der Waals surface area contributed by atoms with Gasteiger partial charge in [-0.25, -0.2) is 0 Å². The predicted molar refractivity (Wildman–Crippen MR) is 55.0 cm³/mol. The lowest BCUT2D eigenvalue weighted by atomic mass is 10.3. The maximum absolute atomic E-state index is 13.2. The molecule has 0 saturated heterocycles. The van der Waals surface area contributed by atoms with Crippen LogP contribution in [0.1, 0.15) is 6.92 Å². The van der Waals surface area contributed by atoms with Gasteiger partial charge in [0.15, 0.2) is 0 Å². The molecule has 0 aliphatic rings. The second kappa shape index (κ2) is 5.41. The zero-order valence-corrected chi connectivity index (χ0v) is 8.97. The molecule has 0 radical (unpaired) electrons. The fourth-order valence-electron chi connectivity index (χ4n) is 1.25. The molecule has 16 heavy (non-hydrogen) atoms. The van der Waals surface area contributed by atoms with Crippen molar-refractivity contribution >= 4 is 5.69 Å². The van der Waals surface area contributed by atoms with Crippen LogP contribution < -0.4 is 4.74 Å². The lowest BCUT2D eigenvalue weighted by Crippen LogP contribution is -2.18. The molecule has 0 amide bonds. The summed E-state index contributed by atoms with van der Waals surface area (Å²) in [6, 6.07) is 3.73. The highest BCUT2D eigenvalue weighted by Gasteiger charge is 2.22. The van der Waals surface area contributed by atoms with Gasteiger partial charge in [-0.2, -0.15) is 4.39 Å². The summed E-state index contributed by atoms with van der Waals surface area (Å²) in [5, 5.41) is 10.6. The Morgan fingerprint density at radius 1 is 1.56 bits per heavy atom. The van der Waals surface area contributed by atoms with E-state index >= 15 is 0 Å². The predicted octanol–water partition coefficient (Wildman–Crippen LogP) is 2.15. The Morgan fingerprint density at radius 3 is 2.81 bits per heavy atom. The summed E-state index contributed by atoms with van der Waals surface area (Å²) < 4.78 is 23.2. The topological polar surface area (TPSA) is 61.6 Å². The molecule has 0 heterocycles. The number of rotatable bonds is 5. The molecule has 0 aliphatic carbocycles. The van der Waals surface area contributed by atoms with E-state index < -0.39 is 16.4 Å². The van der Waals surface area contributed by atoms with Crippen molar-refractivity contribution in [1.29, 1.82) is 0 Å². The van der Waals surface area contributed by atoms with Gasteiger partial charge in [-0.05, 0) is 19.1 Å². The van der Waals surface area contributed by atoms with Crippen LogP contribution in [0.3, 0.4) is 0 Å². The van der Waals surface area contributed by atoms with E-state index in [0.29, 0.717) is 0 Å². The first-order valence-electron chi connectivity index (χ1n) is 4.64. The highest BCUT2D eigenvalue weighted by molar-refractivity contribution is 5.47. The molecule has 1 rings (SSSR count). The molecule has 1 atom stereocenters. The highest BCUT2D eigenvalue weighted by Crippen LogP contribution is 2.30. The van der Waals surface area contributed by atoms with Crippen molar-refractivity contribution in [2.75, 3.05) is 13.7 Å². The van der Waals surface area contributed by atoms with Crippen LogP contribution in [-0.4, -0.2) is 24.7 Å². The monoisotopic (exact) mass is 229 g/mol. The van der Waals surface area contributed by atoms with Crippen molar-refractivity contribution in [2.24, 2.45) is 0 Å². The minimum Gasteiger partial charge on any atom is -0.481 e. The molecule has 1 aromatic rings. The third-order valence-corrected chi connectivity index (χ3v) is 1.86. The molecule has 0 N–H and O–H groups in total. The molecule has 0 spiro atoms. The summed E-state index contributed by atoms with van der Waals surface area (Å²) in [4.78, 5) is 9.83. The lowest BCUT2D eigenvalue weighted by molar-refractivity contribution is -0.388. The smallest absolute Gasteiger partial charge is 0.346 e. The summed E-state index contributed by atoms with van der Waals surface area (Å²) in [6.45, 7) is 1.95. The Balaban J connectivity index is 2.95. The van der Waals surface area contributed by atoms with Crippen LogP contribution in [0, 0.1) is 15.9 Å². The molecule has 5 nitrogen and oxygen atoms in total. The van der Waals surface area contributed by atoms with Crippen LogP contribution in [0.5, 0.6) is 5.75 Å². The van der Waals surface area contributed by atoms with Gasteiger partial charge in [-0.1, -0.05) is 6.07 Å². The molecule has 1 unspecified atom stereocenters. The van der Waals surface area contributed by atoms with Gasteiger partial charge < -0.3 is 9.47 Å². The SMILES string of the molecule is COCC(C)Oc1cccc(F)c1[N+](=O)[O-]. The van der Waals surface area contributed by atoms with Crippen LogP contribution in [0.15, 0.2) is 18.2 Å². The van der Waals surface area contributed by atoms with Gasteiger partial charge in [-0.3, -0.25) is 10.1 Å². The fraction of sp³-hybridized carbons (Fsp3) is 0.400. The Kier molecular flexibility index (Phi) is 4.19. The number of halogens is 1. The Labute approximate surface area is 91.9 Å². The average Bonchev–Trinajstić information content (AvgIpc) is 2.17. The molecule has 0 aromatic heterocycles. The third kappa shape index (κ3) is 2.90. The van der Waals surface area contributed by atoms with E-state index in [9.17, 15) is 14.5 Å². The van der Waals surface area contributed by atoms with Crippen molar-refractivity contribution in [3.05, 3.63) is 34.1 Å². The molecule has 0 fully saturated rings. The highest BCUT2D eigenvalue weighted by atomic mass is 19.1. The number of benzene rings is 1. The summed E-state index contributed by atoms with van der Waals surface area (Å²) in [5.74, 6) is -0.998. The number of nitro benzene ring substituents is 1. The largest absolute Gasteiger partial charge is 0.481 e. The van der Waals surface area contributed by atoms with Crippen molar-refractivity contribution in [2.45, 2.75) is 13.0 Å². The number of hydrogen-bond donors (Lipinski definition) is 0. The molecule has 0 aliphatic heterocycles. The molecule has 0 saturated carbocycles. The Hall–Kier alpha value is -1.69. The van der Waals surface area contributed by atoms with E-state index in [1.807, 2.05) is 0 Å². The Morgan fingerprint density at radius 2 is 2.25 bits per heavy atom. The average molecular weight is 229 g/mol. The van der Waals surface area contributed by atoms with Crippen LogP contribution in [0.25, 0.3) is 0 Å². The first-order valence-corrected chi connectivity index (χ1v) is 4.64. The van der Waals surface area contributed by atoms with Gasteiger partial charge in [0.2, 0.25) is 11.6 Å². The third-order valence-electron chi connectivity index (χ3n) is 1.86. The summed E-state index contributed by atoms with van der Waals surface area (Å²) in [7, 11) is 1.49. The molecule has 0 bridgehead atoms. The van der Waals surface area contributed by atoms with Gasteiger partial charge in [0.05, 0.1) is 11.5 Å². The Bertz CT molecular complexity index is 383. The summed E-state index contributed by atoms with van der Waals surface area (Å²) in [6.07, 6.45) is -0.384. The fourth-order valence-corrected chi connectivity index (χ4v) is 1.25. The summed E-state index contributed by atoms with van der Waals surface area (Å²) in [5.41, 5.74) is -0.648. The van der Waals surface area contributed by atoms with Crippen molar-refractivity contribution in [1.82, 2.24) is 0 Å². The number of para-hydroxylation sites is 1. The van der Waals surface area contributed by atoms with Gasteiger partial charge in [0.1, 0.15) is 6.10 Å². The van der Waals surface area contributed by atoms with E-state index in [0.717, 1.165) is 6.07 Å². The van der Waals surface area contributed by atoms with Crippen LogP contribution in [0.4, 0.5) is 10.1 Å². The normalized spacial score (nSPS) is 12.2. The van der Waals surface area contributed by atoms with Crippen LogP contribution in [-0.2, 0) is 4.74 Å². The second-order valence-electron chi connectivity index (χ2n) is 3.23. The van der Waals surface area contributed by atoms with Gasteiger partial charge in [0, 0.05) is 7.11 Å². The number of ether oxygens (including phenoxy) is 2. The van der Waals surface area contributed by atoms with Crippen molar-refractivity contribution in [3.63, 3.8) is 0 Å². The van der Waals surface area contributed by atoms with Crippen molar-refractivity contribution < 1.29 is 18.8 Å². The molecular weight excluding hydrogens is 217 g/mol. The number of hydrogen-bond acceptors (Lipinski definition) is 4. The zero-order chi connectivity index (χ0) is 12.1. The van der Waals surface area contributed by atoms with Gasteiger partial charge in [-0.15, -0.1) is 0 Å². The maximum atomic E-state index is 13.2. The first-order chi connectivity index (χ1) is 7.56. The second-order valence-corrected chi connectivity index (χ2v) is 3.23. The van der Waals surface area contributed by atoms with E-state index in [1.165, 1.54) is 19.2 Å². The molecule has 6 heteroatoms. The number of nitrogens with zero attached hydrogens (tertiary/aromatic N) is 1. The number of methoxy groups -OCH3 is 1. The van der Waals surface area contributed by atoms with Crippen LogP contribution in [0.2, 0.25) is 0 Å². The molecule has 1 aromatic carbocycles. The first kappa shape index (κ1) is 12.4. The van der Waals surface area contributed by atoms with Gasteiger partial charge >= 0.3 is 5.69 Å². The standard InChI is InChI=1S/C10H12FNO4/c1-7(6-15-2)16-9-5-3-4-8(11)10(9)12(13)14/h3-5,7H,6H2,1-2H3. The van der Waals surface area contributed by atoms with E-state index in [4.69, 9.17) is 9.47 Å². The lowest BCUT2D eigenvalue weighted by Gasteiger charge is -2.13. The zero-order valence-electron chi connectivity index (χ0n) is 8.97. The molecular formula is C10H12FNO4. The quantitative estimate of drug-likeness (QED) is 0.573. The van der Waals surface area contributed by atoms with E-state index in [1.54, 1.807) is 6.92 Å². The van der Waals surface area contributed by atoms with Gasteiger partial charge in [0.25, 0.3) is 0 Å². The summed E-state index contributed by atoms with van der Waals surface area (Å²) >= 11 is 0. The van der Waals surface area contributed by atoms with Crippen molar-refractivity contribution in [3.8, 4) is 5.75 Å². The maximum Gasteiger partial charge on any atom is 0.346 e. The molecule has 88 valence electrons. The van der Waals surface area contributed by atoms with E-state index in [2.05, 4.69) is 0 Å². The van der Waals surface area contributed by atoms with E-state index in [-0.39, 0.29) is 18.5 Å². The van der Waals surface area contributed by atoms with Crippen LogP contribution >= 0.6 is 0 Å².